The normalized spacial score (nSPS) is 21.8. The lowest BCUT2D eigenvalue weighted by atomic mass is 9.77. The number of nitrogens with zero attached hydrogens (tertiary/aromatic N) is 1. The van der Waals surface area contributed by atoms with Crippen LogP contribution in [-0.4, -0.2) is 29.9 Å². The third-order valence-electron chi connectivity index (χ3n) is 5.22. The molecule has 2 aromatic rings. The van der Waals surface area contributed by atoms with E-state index in [4.69, 9.17) is 4.74 Å². The maximum Gasteiger partial charge on any atom is 0.123 e. The zero-order valence-corrected chi connectivity index (χ0v) is 15.1. The van der Waals surface area contributed by atoms with Crippen LogP contribution in [-0.2, 0) is 4.74 Å². The van der Waals surface area contributed by atoms with Gasteiger partial charge in [0.05, 0.1) is 5.69 Å². The summed E-state index contributed by atoms with van der Waals surface area (Å²) in [6.45, 7) is 3.97. The van der Waals surface area contributed by atoms with Crippen molar-refractivity contribution in [2.45, 2.75) is 19.8 Å². The van der Waals surface area contributed by atoms with Gasteiger partial charge >= 0.3 is 0 Å². The van der Waals surface area contributed by atoms with E-state index in [0.29, 0.717) is 17.8 Å². The average Bonchev–Trinajstić information content (AvgIpc) is 2.67. The van der Waals surface area contributed by atoms with Crippen LogP contribution in [0.3, 0.4) is 0 Å². The Morgan fingerprint density at radius 1 is 1.31 bits per heavy atom. The van der Waals surface area contributed by atoms with Crippen molar-refractivity contribution in [3.63, 3.8) is 0 Å². The van der Waals surface area contributed by atoms with Crippen LogP contribution in [0.15, 0.2) is 48.7 Å². The van der Waals surface area contributed by atoms with E-state index in [2.05, 4.69) is 18.0 Å². The van der Waals surface area contributed by atoms with E-state index in [1.54, 1.807) is 12.3 Å². The summed E-state index contributed by atoms with van der Waals surface area (Å²) in [5, 5.41) is 9.26. The summed E-state index contributed by atoms with van der Waals surface area (Å²) in [6, 6.07) is 10.5. The molecule has 3 nitrogen and oxygen atoms in total. The Kier molecular flexibility index (Phi) is 6.53. The van der Waals surface area contributed by atoms with E-state index >= 15 is 0 Å². The number of aliphatic hydroxyl groups excluding tert-OH is 1. The quantitative estimate of drug-likeness (QED) is 0.825. The minimum Gasteiger partial charge on any atom is -0.396 e. The SMILES string of the molecule is C[C@@H](/C=C/c1ccc(-c2cccc(F)c2)cn1)[C@@H]1CCOC[C@@H]1CCO. The van der Waals surface area contributed by atoms with Gasteiger partial charge in [-0.2, -0.15) is 0 Å². The highest BCUT2D eigenvalue weighted by atomic mass is 19.1. The van der Waals surface area contributed by atoms with Crippen LogP contribution < -0.4 is 0 Å². The zero-order chi connectivity index (χ0) is 18.4. The summed E-state index contributed by atoms with van der Waals surface area (Å²) in [5.74, 6) is 1.10. The van der Waals surface area contributed by atoms with Gasteiger partial charge in [-0.3, -0.25) is 4.98 Å². The van der Waals surface area contributed by atoms with Crippen LogP contribution in [0, 0.1) is 23.6 Å². The lowest BCUT2D eigenvalue weighted by Crippen LogP contribution is -2.31. The van der Waals surface area contributed by atoms with Gasteiger partial charge in [0.1, 0.15) is 5.82 Å². The van der Waals surface area contributed by atoms with Gasteiger partial charge in [-0.25, -0.2) is 4.39 Å². The first-order chi connectivity index (χ1) is 12.7. The fourth-order valence-electron chi connectivity index (χ4n) is 3.70. The molecule has 0 aliphatic carbocycles. The molecule has 1 aromatic carbocycles. The van der Waals surface area contributed by atoms with Gasteiger partial charge in [-0.1, -0.05) is 31.2 Å². The number of aromatic nitrogens is 1. The number of rotatable bonds is 6. The third-order valence-corrected chi connectivity index (χ3v) is 5.22. The first kappa shape index (κ1) is 18.7. The van der Waals surface area contributed by atoms with E-state index < -0.39 is 0 Å². The number of benzene rings is 1. The molecular formula is C22H26FNO2. The van der Waals surface area contributed by atoms with Gasteiger partial charge in [0.15, 0.2) is 0 Å². The molecule has 1 saturated heterocycles. The molecule has 0 radical (unpaired) electrons. The predicted molar refractivity (Wildman–Crippen MR) is 102 cm³/mol. The number of allylic oxidation sites excluding steroid dienone is 1. The van der Waals surface area contributed by atoms with Crippen molar-refractivity contribution in [1.29, 1.82) is 0 Å². The van der Waals surface area contributed by atoms with Gasteiger partial charge in [0.25, 0.3) is 0 Å². The number of ether oxygens (including phenoxy) is 1. The molecule has 138 valence electrons. The van der Waals surface area contributed by atoms with Gasteiger partial charge in [-0.15, -0.1) is 0 Å². The fourth-order valence-corrected chi connectivity index (χ4v) is 3.70. The Morgan fingerprint density at radius 3 is 2.92 bits per heavy atom. The first-order valence-electron chi connectivity index (χ1n) is 9.26. The Bertz CT molecular complexity index is 727. The maximum absolute atomic E-state index is 13.3. The zero-order valence-electron chi connectivity index (χ0n) is 15.1. The highest BCUT2D eigenvalue weighted by Gasteiger charge is 2.28. The number of hydrogen-bond acceptors (Lipinski definition) is 3. The first-order valence-corrected chi connectivity index (χ1v) is 9.26. The summed E-state index contributed by atoms with van der Waals surface area (Å²) < 4.78 is 18.9. The lowest BCUT2D eigenvalue weighted by Gasteiger charge is -2.34. The summed E-state index contributed by atoms with van der Waals surface area (Å²) in [5.41, 5.74) is 2.63. The highest BCUT2D eigenvalue weighted by molar-refractivity contribution is 5.63. The topological polar surface area (TPSA) is 42.4 Å². The molecule has 1 aromatic heterocycles. The molecular weight excluding hydrogens is 329 g/mol. The average molecular weight is 355 g/mol. The molecule has 0 spiro atoms. The van der Waals surface area contributed by atoms with E-state index in [1.165, 1.54) is 12.1 Å². The molecule has 1 aliphatic heterocycles. The predicted octanol–water partition coefficient (Wildman–Crippen LogP) is 4.57. The van der Waals surface area contributed by atoms with Gasteiger partial charge in [0.2, 0.25) is 0 Å². The Morgan fingerprint density at radius 2 is 2.19 bits per heavy atom. The van der Waals surface area contributed by atoms with Crippen molar-refractivity contribution in [3.8, 4) is 11.1 Å². The largest absolute Gasteiger partial charge is 0.396 e. The molecule has 0 bridgehead atoms. The lowest BCUT2D eigenvalue weighted by molar-refractivity contribution is -0.00419. The van der Waals surface area contributed by atoms with Gasteiger partial charge in [-0.05, 0) is 60.4 Å². The van der Waals surface area contributed by atoms with E-state index in [9.17, 15) is 9.50 Å². The van der Waals surface area contributed by atoms with Gasteiger partial charge < -0.3 is 9.84 Å². The van der Waals surface area contributed by atoms with Crippen LogP contribution in [0.2, 0.25) is 0 Å². The van der Waals surface area contributed by atoms with Crippen molar-refractivity contribution in [3.05, 3.63) is 60.2 Å². The molecule has 0 saturated carbocycles. The Hall–Kier alpha value is -2.04. The van der Waals surface area contributed by atoms with Crippen molar-refractivity contribution in [2.24, 2.45) is 17.8 Å². The maximum atomic E-state index is 13.3. The van der Waals surface area contributed by atoms with E-state index in [0.717, 1.165) is 42.9 Å². The molecule has 1 N–H and O–H groups in total. The smallest absolute Gasteiger partial charge is 0.123 e. The molecule has 2 heterocycles. The molecule has 3 atom stereocenters. The highest BCUT2D eigenvalue weighted by Crippen LogP contribution is 2.32. The summed E-state index contributed by atoms with van der Waals surface area (Å²) in [4.78, 5) is 4.48. The number of aliphatic hydroxyl groups is 1. The number of pyridine rings is 1. The standard InChI is InChI=1S/C22H26FNO2/c1-16(22-10-12-26-15-19(22)9-11-25)5-7-21-8-6-18(14-24-21)17-3-2-4-20(23)13-17/h2-8,13-14,16,19,22,25H,9-12,15H2,1H3/b7-5+/t16-,19-,22-/m0/s1. The van der Waals surface area contributed by atoms with Crippen molar-refractivity contribution >= 4 is 6.08 Å². The van der Waals surface area contributed by atoms with Gasteiger partial charge in [0, 0.05) is 31.6 Å². The second-order valence-corrected chi connectivity index (χ2v) is 7.00. The van der Waals surface area contributed by atoms with Crippen molar-refractivity contribution < 1.29 is 14.2 Å². The molecule has 4 heteroatoms. The minimum absolute atomic E-state index is 0.212. The summed E-state index contributed by atoms with van der Waals surface area (Å²) >= 11 is 0. The molecule has 1 aliphatic rings. The van der Waals surface area contributed by atoms with E-state index in [-0.39, 0.29) is 12.4 Å². The van der Waals surface area contributed by atoms with Crippen LogP contribution >= 0.6 is 0 Å². The minimum atomic E-state index is -0.241. The molecule has 0 unspecified atom stereocenters. The van der Waals surface area contributed by atoms with Crippen LogP contribution in [0.5, 0.6) is 0 Å². The van der Waals surface area contributed by atoms with Crippen molar-refractivity contribution in [2.75, 3.05) is 19.8 Å². The monoisotopic (exact) mass is 355 g/mol. The molecule has 3 rings (SSSR count). The second-order valence-electron chi connectivity index (χ2n) is 7.00. The van der Waals surface area contributed by atoms with Crippen LogP contribution in [0.25, 0.3) is 17.2 Å². The number of hydrogen-bond donors (Lipinski definition) is 1. The van der Waals surface area contributed by atoms with Crippen LogP contribution in [0.1, 0.15) is 25.5 Å². The van der Waals surface area contributed by atoms with Crippen molar-refractivity contribution in [1.82, 2.24) is 4.98 Å². The molecule has 1 fully saturated rings. The molecule has 0 amide bonds. The van der Waals surface area contributed by atoms with E-state index in [1.807, 2.05) is 24.3 Å². The Labute approximate surface area is 154 Å². The Balaban J connectivity index is 1.66. The molecule has 26 heavy (non-hydrogen) atoms. The third kappa shape index (κ3) is 4.77. The number of halogens is 1. The second kappa shape index (κ2) is 9.06. The summed E-state index contributed by atoms with van der Waals surface area (Å²) in [7, 11) is 0. The summed E-state index contributed by atoms with van der Waals surface area (Å²) in [6.07, 6.45) is 7.85. The van der Waals surface area contributed by atoms with Crippen LogP contribution in [0.4, 0.5) is 4.39 Å². The fraction of sp³-hybridized carbons (Fsp3) is 0.409.